The first-order valence-corrected chi connectivity index (χ1v) is 12.9. The molecule has 0 aliphatic carbocycles. The fraction of sp³-hybridized carbons (Fsp3) is 0.188. The maximum atomic E-state index is 13.6. The Kier molecular flexibility index (Phi) is 6.96. The van der Waals surface area contributed by atoms with Crippen LogP contribution in [0.5, 0.6) is 5.75 Å². The zero-order valence-electron chi connectivity index (χ0n) is 21.4. The number of halogens is 1. The molecule has 5 nitrogen and oxygen atoms in total. The first-order valence-electron chi connectivity index (χ1n) is 12.5. The van der Waals surface area contributed by atoms with Gasteiger partial charge in [0.1, 0.15) is 11.5 Å². The smallest absolute Gasteiger partial charge is 0.300 e. The molecule has 4 aromatic carbocycles. The minimum atomic E-state index is -0.834. The molecule has 1 atom stereocenters. The number of carbonyl (C=O) groups excluding carboxylic acids is 2. The van der Waals surface area contributed by atoms with Crippen LogP contribution in [0.25, 0.3) is 16.5 Å². The number of ketones is 1. The molecule has 1 aliphatic heterocycles. The second-order valence-corrected chi connectivity index (χ2v) is 10.3. The molecule has 1 saturated heterocycles. The molecule has 1 amide bonds. The third-order valence-corrected chi connectivity index (χ3v) is 6.94. The summed E-state index contributed by atoms with van der Waals surface area (Å²) in [5.41, 5.74) is 2.56. The lowest BCUT2D eigenvalue weighted by Crippen LogP contribution is -2.29. The van der Waals surface area contributed by atoms with E-state index in [4.69, 9.17) is 16.3 Å². The van der Waals surface area contributed by atoms with Crippen molar-refractivity contribution in [3.63, 3.8) is 0 Å². The number of hydrogen-bond acceptors (Lipinski definition) is 4. The van der Waals surface area contributed by atoms with Gasteiger partial charge in [0, 0.05) is 16.3 Å². The molecule has 0 saturated carbocycles. The van der Waals surface area contributed by atoms with E-state index in [1.54, 1.807) is 42.5 Å². The average molecular weight is 526 g/mol. The van der Waals surface area contributed by atoms with Gasteiger partial charge in [-0.2, -0.15) is 0 Å². The van der Waals surface area contributed by atoms with Crippen molar-refractivity contribution in [2.24, 2.45) is 5.92 Å². The minimum absolute atomic E-state index is 0.0385. The van der Waals surface area contributed by atoms with Crippen LogP contribution >= 0.6 is 11.6 Å². The Morgan fingerprint density at radius 2 is 1.68 bits per heavy atom. The number of aliphatic hydroxyl groups excluding tert-OH is 1. The van der Waals surface area contributed by atoms with Crippen molar-refractivity contribution in [1.82, 2.24) is 0 Å². The van der Waals surface area contributed by atoms with Crippen molar-refractivity contribution in [3.05, 3.63) is 112 Å². The summed E-state index contributed by atoms with van der Waals surface area (Å²) in [4.78, 5) is 28.5. The average Bonchev–Trinajstić information content (AvgIpc) is 3.17. The largest absolute Gasteiger partial charge is 0.507 e. The van der Waals surface area contributed by atoms with Gasteiger partial charge in [0.25, 0.3) is 11.7 Å². The highest BCUT2D eigenvalue weighted by Crippen LogP contribution is 2.44. The van der Waals surface area contributed by atoms with E-state index < -0.39 is 17.7 Å². The van der Waals surface area contributed by atoms with Gasteiger partial charge >= 0.3 is 0 Å². The molecule has 0 spiro atoms. The third-order valence-electron chi connectivity index (χ3n) is 6.69. The van der Waals surface area contributed by atoms with E-state index in [-0.39, 0.29) is 11.3 Å². The van der Waals surface area contributed by atoms with E-state index in [1.807, 2.05) is 49.4 Å². The summed E-state index contributed by atoms with van der Waals surface area (Å²) >= 11 is 6.11. The second-order valence-electron chi connectivity index (χ2n) is 9.90. The molecule has 38 heavy (non-hydrogen) atoms. The molecule has 1 aliphatic rings. The predicted octanol–water partition coefficient (Wildman–Crippen LogP) is 7.46. The zero-order chi connectivity index (χ0) is 27.0. The third kappa shape index (κ3) is 4.66. The maximum Gasteiger partial charge on any atom is 0.300 e. The van der Waals surface area contributed by atoms with Crippen molar-refractivity contribution >= 4 is 45.5 Å². The van der Waals surface area contributed by atoms with E-state index in [1.165, 1.54) is 4.90 Å². The number of fused-ring (bicyclic) bond motifs is 1. The van der Waals surface area contributed by atoms with Gasteiger partial charge in [0.15, 0.2) is 0 Å². The van der Waals surface area contributed by atoms with Crippen molar-refractivity contribution in [2.75, 3.05) is 11.5 Å². The molecular weight excluding hydrogens is 498 g/mol. The highest BCUT2D eigenvalue weighted by atomic mass is 35.5. The van der Waals surface area contributed by atoms with Gasteiger partial charge < -0.3 is 9.84 Å². The first-order chi connectivity index (χ1) is 18.3. The number of benzene rings is 4. The summed E-state index contributed by atoms with van der Waals surface area (Å²) in [6.45, 7) is 6.60. The number of ether oxygens (including phenoxy) is 1. The van der Waals surface area contributed by atoms with Crippen LogP contribution in [0, 0.1) is 12.8 Å². The number of aliphatic hydroxyl groups is 1. The van der Waals surface area contributed by atoms with Gasteiger partial charge in [-0.3, -0.25) is 14.5 Å². The second kappa shape index (κ2) is 10.3. The molecule has 4 aromatic rings. The molecule has 0 bridgehead atoms. The van der Waals surface area contributed by atoms with Gasteiger partial charge in [-0.05, 0) is 77.2 Å². The number of carbonyl (C=O) groups is 2. The van der Waals surface area contributed by atoms with Crippen molar-refractivity contribution in [2.45, 2.75) is 26.8 Å². The van der Waals surface area contributed by atoms with Crippen molar-refractivity contribution in [1.29, 1.82) is 0 Å². The van der Waals surface area contributed by atoms with Crippen LogP contribution in [0.1, 0.15) is 36.6 Å². The summed E-state index contributed by atoms with van der Waals surface area (Å²) in [5.74, 6) is -0.598. The number of anilines is 1. The molecule has 5 rings (SSSR count). The minimum Gasteiger partial charge on any atom is -0.507 e. The zero-order valence-corrected chi connectivity index (χ0v) is 22.2. The van der Waals surface area contributed by atoms with Crippen LogP contribution in [0.3, 0.4) is 0 Å². The highest BCUT2D eigenvalue weighted by Gasteiger charge is 2.47. The lowest BCUT2D eigenvalue weighted by Gasteiger charge is -2.26. The Hall–Kier alpha value is -4.09. The summed E-state index contributed by atoms with van der Waals surface area (Å²) < 4.78 is 5.88. The molecule has 1 heterocycles. The monoisotopic (exact) mass is 525 g/mol. The fourth-order valence-corrected chi connectivity index (χ4v) is 4.98. The van der Waals surface area contributed by atoms with E-state index in [0.29, 0.717) is 34.5 Å². The maximum absolute atomic E-state index is 13.6. The van der Waals surface area contributed by atoms with Gasteiger partial charge in [-0.15, -0.1) is 0 Å². The Morgan fingerprint density at radius 1 is 0.974 bits per heavy atom. The molecule has 1 N–H and O–H groups in total. The SMILES string of the molecule is Cc1cc(/C(O)=C2/C(=O)C(=O)N(c3ccc(Cl)cc3)C2c2cccc3ccccc23)ccc1OCC(C)C. The summed E-state index contributed by atoms with van der Waals surface area (Å²) in [5, 5.41) is 13.9. The van der Waals surface area contributed by atoms with Gasteiger partial charge in [-0.1, -0.05) is 67.9 Å². The summed E-state index contributed by atoms with van der Waals surface area (Å²) in [6.07, 6.45) is 0. The molecular formula is C32H28ClNO4. The Morgan fingerprint density at radius 3 is 2.39 bits per heavy atom. The van der Waals surface area contributed by atoms with Gasteiger partial charge in [-0.25, -0.2) is 0 Å². The van der Waals surface area contributed by atoms with Gasteiger partial charge in [0.05, 0.1) is 18.2 Å². The van der Waals surface area contributed by atoms with Crippen LogP contribution in [-0.4, -0.2) is 23.4 Å². The Balaban J connectivity index is 1.70. The molecule has 6 heteroatoms. The highest BCUT2D eigenvalue weighted by molar-refractivity contribution is 6.52. The summed E-state index contributed by atoms with van der Waals surface area (Å²) in [6, 6.07) is 24.8. The van der Waals surface area contributed by atoms with Gasteiger partial charge in [0.2, 0.25) is 0 Å². The number of hydrogen-bond donors (Lipinski definition) is 1. The quantitative estimate of drug-likeness (QED) is 0.161. The van der Waals surface area contributed by atoms with Crippen LogP contribution in [-0.2, 0) is 9.59 Å². The number of rotatable bonds is 6. The predicted molar refractivity (Wildman–Crippen MR) is 152 cm³/mol. The summed E-state index contributed by atoms with van der Waals surface area (Å²) in [7, 11) is 0. The van der Waals surface area contributed by atoms with E-state index in [9.17, 15) is 14.7 Å². The number of nitrogens with zero attached hydrogens (tertiary/aromatic N) is 1. The topological polar surface area (TPSA) is 66.8 Å². The lowest BCUT2D eigenvalue weighted by molar-refractivity contribution is -0.132. The van der Waals surface area contributed by atoms with E-state index in [0.717, 1.165) is 21.9 Å². The van der Waals surface area contributed by atoms with E-state index in [2.05, 4.69) is 13.8 Å². The number of Topliss-reactive ketones (excluding diaryl/α,β-unsaturated/α-hetero) is 1. The molecule has 0 radical (unpaired) electrons. The standard InChI is InChI=1S/C32H28ClNO4/c1-19(2)18-38-27-16-11-22(17-20(27)3)30(35)28-29(26-10-6-8-21-7-4-5-9-25(21)26)34(32(37)31(28)36)24-14-12-23(33)13-15-24/h4-17,19,29,35H,18H2,1-3H3/b30-28-. The van der Waals surface area contributed by atoms with Crippen LogP contribution in [0.4, 0.5) is 5.69 Å². The first kappa shape index (κ1) is 25.6. The Labute approximate surface area is 226 Å². The fourth-order valence-electron chi connectivity index (χ4n) is 4.85. The normalized spacial score (nSPS) is 17.0. The van der Waals surface area contributed by atoms with Crippen LogP contribution in [0.2, 0.25) is 5.02 Å². The Bertz CT molecular complexity index is 1570. The van der Waals surface area contributed by atoms with E-state index >= 15 is 0 Å². The molecule has 0 aromatic heterocycles. The number of amides is 1. The van der Waals surface area contributed by atoms with Crippen LogP contribution < -0.4 is 9.64 Å². The van der Waals surface area contributed by atoms with Crippen LogP contribution in [0.15, 0.2) is 90.5 Å². The van der Waals surface area contributed by atoms with Crippen molar-refractivity contribution < 1.29 is 19.4 Å². The molecule has 1 fully saturated rings. The number of aryl methyl sites for hydroxylation is 1. The molecule has 1 unspecified atom stereocenters. The van der Waals surface area contributed by atoms with Crippen molar-refractivity contribution in [3.8, 4) is 5.75 Å². The lowest BCUT2D eigenvalue weighted by atomic mass is 9.91. The molecule has 192 valence electrons.